The summed E-state index contributed by atoms with van der Waals surface area (Å²) in [6.07, 6.45) is 1.47. The molecule has 1 unspecified atom stereocenters. The third kappa shape index (κ3) is 2.88. The molecular weight excluding hydrogens is 362 g/mol. The molecule has 5 nitrogen and oxygen atoms in total. The van der Waals surface area contributed by atoms with Crippen LogP contribution in [0.25, 0.3) is 0 Å². The lowest BCUT2D eigenvalue weighted by Gasteiger charge is -2.23. The Morgan fingerprint density at radius 1 is 1.50 bits per heavy atom. The van der Waals surface area contributed by atoms with E-state index >= 15 is 0 Å². The van der Waals surface area contributed by atoms with Crippen LogP contribution in [0.4, 0.5) is 5.82 Å². The van der Waals surface area contributed by atoms with Crippen molar-refractivity contribution < 1.29 is 8.42 Å². The van der Waals surface area contributed by atoms with Crippen molar-refractivity contribution in [3.8, 4) is 0 Å². The number of rotatable bonds is 4. The number of sulfonamides is 1. The standard InChI is InChI=1S/C12H14BrN3O2S2/c1-8(10-4-3-5-19-10)16(2)20(17,18)11-6-9(13)7-15-12(11)14/h3-8H,1-2H3,(H2,14,15). The molecule has 108 valence electrons. The summed E-state index contributed by atoms with van der Waals surface area (Å²) in [5.74, 6) is -0.00145. The first-order valence-electron chi connectivity index (χ1n) is 5.76. The molecule has 2 N–H and O–H groups in total. The molecule has 0 fully saturated rings. The number of pyridine rings is 1. The van der Waals surface area contributed by atoms with E-state index in [0.29, 0.717) is 4.47 Å². The van der Waals surface area contributed by atoms with Gasteiger partial charge >= 0.3 is 0 Å². The van der Waals surface area contributed by atoms with Crippen molar-refractivity contribution in [2.24, 2.45) is 0 Å². The Labute approximate surface area is 130 Å². The van der Waals surface area contributed by atoms with Crippen LogP contribution in [0.5, 0.6) is 0 Å². The van der Waals surface area contributed by atoms with Crippen molar-refractivity contribution in [1.29, 1.82) is 0 Å². The molecule has 20 heavy (non-hydrogen) atoms. The molecule has 0 aliphatic heterocycles. The molecule has 0 aliphatic carbocycles. The van der Waals surface area contributed by atoms with Gasteiger partial charge in [0.25, 0.3) is 0 Å². The van der Waals surface area contributed by atoms with Gasteiger partial charge in [-0.1, -0.05) is 6.07 Å². The minimum atomic E-state index is -3.69. The summed E-state index contributed by atoms with van der Waals surface area (Å²) in [6.45, 7) is 1.84. The fourth-order valence-corrected chi connectivity index (χ4v) is 4.52. The molecule has 1 atom stereocenters. The van der Waals surface area contributed by atoms with Gasteiger partial charge in [-0.15, -0.1) is 11.3 Å². The van der Waals surface area contributed by atoms with Crippen molar-refractivity contribution in [2.45, 2.75) is 17.9 Å². The van der Waals surface area contributed by atoms with Crippen LogP contribution >= 0.6 is 27.3 Å². The molecule has 2 heterocycles. The smallest absolute Gasteiger partial charge is 0.247 e. The molecule has 0 aromatic carbocycles. The maximum absolute atomic E-state index is 12.6. The summed E-state index contributed by atoms with van der Waals surface area (Å²) in [7, 11) is -2.15. The Hall–Kier alpha value is -0.960. The van der Waals surface area contributed by atoms with Gasteiger partial charge in [0, 0.05) is 22.6 Å². The van der Waals surface area contributed by atoms with E-state index in [1.807, 2.05) is 24.4 Å². The van der Waals surface area contributed by atoms with Gasteiger partial charge < -0.3 is 5.73 Å². The molecule has 2 aromatic heterocycles. The SMILES string of the molecule is CC(c1cccs1)N(C)S(=O)(=O)c1cc(Br)cnc1N. The second-order valence-electron chi connectivity index (χ2n) is 4.25. The minimum absolute atomic E-state index is 0.00145. The lowest BCUT2D eigenvalue weighted by molar-refractivity contribution is 0.403. The fraction of sp³-hybridized carbons (Fsp3) is 0.250. The lowest BCUT2D eigenvalue weighted by Crippen LogP contribution is -2.30. The Morgan fingerprint density at radius 3 is 2.80 bits per heavy atom. The highest BCUT2D eigenvalue weighted by molar-refractivity contribution is 9.10. The molecule has 2 rings (SSSR count). The third-order valence-electron chi connectivity index (χ3n) is 3.01. The molecule has 0 amide bonds. The zero-order valence-electron chi connectivity index (χ0n) is 10.9. The molecule has 0 saturated carbocycles. The molecular formula is C12H14BrN3O2S2. The summed E-state index contributed by atoms with van der Waals surface area (Å²) in [5.41, 5.74) is 5.70. The monoisotopic (exact) mass is 375 g/mol. The van der Waals surface area contributed by atoms with Crippen LogP contribution in [0.3, 0.4) is 0 Å². The Bertz CT molecular complexity index is 701. The highest BCUT2D eigenvalue weighted by atomic mass is 79.9. The molecule has 0 saturated heterocycles. The number of aromatic nitrogens is 1. The molecule has 0 bridgehead atoms. The highest BCUT2D eigenvalue weighted by Gasteiger charge is 2.29. The van der Waals surface area contributed by atoms with Gasteiger partial charge in [-0.05, 0) is 40.4 Å². The van der Waals surface area contributed by atoms with Crippen molar-refractivity contribution in [1.82, 2.24) is 9.29 Å². The first-order chi connectivity index (χ1) is 9.34. The maximum Gasteiger partial charge on any atom is 0.247 e. The fourth-order valence-electron chi connectivity index (χ4n) is 1.71. The second kappa shape index (κ2) is 5.80. The zero-order valence-corrected chi connectivity index (χ0v) is 14.2. The minimum Gasteiger partial charge on any atom is -0.383 e. The number of hydrogen-bond acceptors (Lipinski definition) is 5. The zero-order chi connectivity index (χ0) is 14.9. The van der Waals surface area contributed by atoms with Crippen molar-refractivity contribution in [3.05, 3.63) is 39.1 Å². The van der Waals surface area contributed by atoms with Gasteiger partial charge in [0.05, 0.1) is 6.04 Å². The lowest BCUT2D eigenvalue weighted by atomic mass is 10.3. The van der Waals surface area contributed by atoms with Crippen LogP contribution in [-0.2, 0) is 10.0 Å². The van der Waals surface area contributed by atoms with Gasteiger partial charge in [0.15, 0.2) is 0 Å². The van der Waals surface area contributed by atoms with Gasteiger partial charge in [-0.3, -0.25) is 0 Å². The van der Waals surface area contributed by atoms with Crippen molar-refractivity contribution in [3.63, 3.8) is 0 Å². The number of thiophene rings is 1. The first kappa shape index (κ1) is 15.4. The topological polar surface area (TPSA) is 76.3 Å². The van der Waals surface area contributed by atoms with Crippen LogP contribution in [0.1, 0.15) is 17.8 Å². The third-order valence-corrected chi connectivity index (χ3v) is 6.44. The van der Waals surface area contributed by atoms with Gasteiger partial charge in [0.1, 0.15) is 10.7 Å². The number of nitrogens with two attached hydrogens (primary N) is 1. The van der Waals surface area contributed by atoms with Crippen molar-refractivity contribution >= 4 is 43.1 Å². The summed E-state index contributed by atoms with van der Waals surface area (Å²) < 4.78 is 27.1. The van der Waals surface area contributed by atoms with E-state index in [4.69, 9.17) is 5.73 Å². The predicted molar refractivity (Wildman–Crippen MR) is 84.0 cm³/mol. The predicted octanol–water partition coefficient (Wildman–Crippen LogP) is 2.87. The van der Waals surface area contributed by atoms with Crippen LogP contribution in [-0.4, -0.2) is 24.8 Å². The quantitative estimate of drug-likeness (QED) is 0.890. The summed E-state index contributed by atoms with van der Waals surface area (Å²) >= 11 is 4.73. The van der Waals surface area contributed by atoms with Crippen LogP contribution in [0.15, 0.2) is 39.1 Å². The van der Waals surface area contributed by atoms with Crippen LogP contribution < -0.4 is 5.73 Å². The first-order valence-corrected chi connectivity index (χ1v) is 8.87. The average Bonchev–Trinajstić information content (AvgIpc) is 2.93. The molecule has 0 radical (unpaired) electrons. The van der Waals surface area contributed by atoms with E-state index in [9.17, 15) is 8.42 Å². The van der Waals surface area contributed by atoms with E-state index in [-0.39, 0.29) is 16.8 Å². The summed E-state index contributed by atoms with van der Waals surface area (Å²) in [5, 5.41) is 1.92. The van der Waals surface area contributed by atoms with E-state index in [1.54, 1.807) is 7.05 Å². The maximum atomic E-state index is 12.6. The van der Waals surface area contributed by atoms with E-state index in [1.165, 1.54) is 27.9 Å². The Morgan fingerprint density at radius 2 is 2.20 bits per heavy atom. The summed E-state index contributed by atoms with van der Waals surface area (Å²) in [6, 6.07) is 5.00. The van der Waals surface area contributed by atoms with E-state index in [2.05, 4.69) is 20.9 Å². The molecule has 8 heteroatoms. The van der Waals surface area contributed by atoms with Crippen LogP contribution in [0, 0.1) is 0 Å². The van der Waals surface area contributed by atoms with Crippen molar-refractivity contribution in [2.75, 3.05) is 12.8 Å². The highest BCUT2D eigenvalue weighted by Crippen LogP contribution is 2.30. The molecule has 0 aliphatic rings. The number of nitrogen functional groups attached to an aromatic ring is 1. The Balaban J connectivity index is 2.42. The Kier molecular flexibility index (Phi) is 4.48. The number of nitrogens with zero attached hydrogens (tertiary/aromatic N) is 2. The molecule has 0 spiro atoms. The van der Waals surface area contributed by atoms with E-state index in [0.717, 1.165) is 4.88 Å². The second-order valence-corrected chi connectivity index (χ2v) is 8.11. The number of anilines is 1. The molecule has 2 aromatic rings. The summed E-state index contributed by atoms with van der Waals surface area (Å²) in [4.78, 5) is 4.86. The van der Waals surface area contributed by atoms with Gasteiger partial charge in [0.2, 0.25) is 10.0 Å². The normalized spacial score (nSPS) is 13.6. The number of hydrogen-bond donors (Lipinski definition) is 1. The van der Waals surface area contributed by atoms with Gasteiger partial charge in [-0.2, -0.15) is 4.31 Å². The largest absolute Gasteiger partial charge is 0.383 e. The van der Waals surface area contributed by atoms with E-state index < -0.39 is 10.0 Å². The van der Waals surface area contributed by atoms with Gasteiger partial charge in [-0.25, -0.2) is 13.4 Å². The number of halogens is 1. The average molecular weight is 376 g/mol. The van der Waals surface area contributed by atoms with Crippen LogP contribution in [0.2, 0.25) is 0 Å².